The molecule has 102 valence electrons. The van der Waals surface area contributed by atoms with E-state index in [1.807, 2.05) is 37.3 Å². The Kier molecular flexibility index (Phi) is 3.86. The fraction of sp³-hybridized carbons (Fsp3) is 0.200. The largest absolute Gasteiger partial charge is 0.244 e. The summed E-state index contributed by atoms with van der Waals surface area (Å²) in [5.74, 6) is -0.0549. The Balaban J connectivity index is 2.62. The summed E-state index contributed by atoms with van der Waals surface area (Å²) < 4.78 is 24.1. The van der Waals surface area contributed by atoms with Crippen molar-refractivity contribution >= 4 is 9.84 Å². The fourth-order valence-corrected chi connectivity index (χ4v) is 2.84. The lowest BCUT2D eigenvalue weighted by atomic mass is 10.1. The van der Waals surface area contributed by atoms with Gasteiger partial charge in [0.1, 0.15) is 11.0 Å². The summed E-state index contributed by atoms with van der Waals surface area (Å²) in [6.45, 7) is 3.53. The van der Waals surface area contributed by atoms with Crippen LogP contribution in [0.4, 0.5) is 0 Å². The monoisotopic (exact) mass is 286 g/mol. The first-order valence-electron chi connectivity index (χ1n) is 6.18. The predicted molar refractivity (Wildman–Crippen MR) is 76.9 cm³/mol. The van der Waals surface area contributed by atoms with E-state index in [-0.39, 0.29) is 16.3 Å². The minimum Gasteiger partial charge on any atom is -0.244 e. The first kappa shape index (κ1) is 14.2. The molecular formula is C15H14N2O2S. The molecule has 0 saturated heterocycles. The number of sulfone groups is 1. The summed E-state index contributed by atoms with van der Waals surface area (Å²) >= 11 is 0. The summed E-state index contributed by atoms with van der Waals surface area (Å²) in [6, 6.07) is 11.1. The lowest BCUT2D eigenvalue weighted by Crippen LogP contribution is -2.07. The second kappa shape index (κ2) is 5.43. The Hall–Kier alpha value is -2.19. The molecule has 1 aromatic carbocycles. The minimum absolute atomic E-state index is 0.000532. The van der Waals surface area contributed by atoms with Crippen LogP contribution in [0.3, 0.4) is 0 Å². The number of nitrogens with zero attached hydrogens (tertiary/aromatic N) is 2. The standard InChI is InChI=1S/C15H14N2O2S/c1-3-20(18,19)15-8-13(10-17-14(15)9-16)12-6-4-11(2)5-7-12/h4-8,10H,3H2,1-2H3. The van der Waals surface area contributed by atoms with E-state index in [1.165, 1.54) is 12.3 Å². The average Bonchev–Trinajstić information content (AvgIpc) is 2.47. The average molecular weight is 286 g/mol. The molecule has 0 radical (unpaired) electrons. The van der Waals surface area contributed by atoms with Crippen molar-refractivity contribution in [3.8, 4) is 17.2 Å². The quantitative estimate of drug-likeness (QED) is 0.869. The number of pyridine rings is 1. The summed E-state index contributed by atoms with van der Waals surface area (Å²) in [5.41, 5.74) is 2.63. The number of aryl methyl sites for hydroxylation is 1. The molecule has 0 aliphatic heterocycles. The van der Waals surface area contributed by atoms with Gasteiger partial charge in [0, 0.05) is 11.8 Å². The number of nitriles is 1. The van der Waals surface area contributed by atoms with Gasteiger partial charge in [0.25, 0.3) is 0 Å². The van der Waals surface area contributed by atoms with Crippen LogP contribution in [0.2, 0.25) is 0 Å². The molecule has 20 heavy (non-hydrogen) atoms. The normalized spacial score (nSPS) is 11.1. The molecule has 0 aliphatic carbocycles. The van der Waals surface area contributed by atoms with Crippen molar-refractivity contribution in [1.82, 2.24) is 4.98 Å². The molecule has 0 fully saturated rings. The van der Waals surface area contributed by atoms with Crippen LogP contribution in [0.1, 0.15) is 18.2 Å². The summed E-state index contributed by atoms with van der Waals surface area (Å²) in [6.07, 6.45) is 1.53. The van der Waals surface area contributed by atoms with Gasteiger partial charge >= 0.3 is 0 Å². The Labute approximate surface area is 118 Å². The van der Waals surface area contributed by atoms with E-state index in [1.54, 1.807) is 6.92 Å². The number of benzene rings is 1. The first-order valence-corrected chi connectivity index (χ1v) is 7.83. The maximum atomic E-state index is 12.0. The van der Waals surface area contributed by atoms with Crippen molar-refractivity contribution in [2.24, 2.45) is 0 Å². The Morgan fingerprint density at radius 3 is 2.40 bits per heavy atom. The smallest absolute Gasteiger partial charge is 0.181 e. The van der Waals surface area contributed by atoms with E-state index in [4.69, 9.17) is 5.26 Å². The highest BCUT2D eigenvalue weighted by molar-refractivity contribution is 7.91. The van der Waals surface area contributed by atoms with Crippen LogP contribution in [0.15, 0.2) is 41.4 Å². The summed E-state index contributed by atoms with van der Waals surface area (Å²) in [7, 11) is -3.46. The zero-order valence-electron chi connectivity index (χ0n) is 11.3. The SMILES string of the molecule is CCS(=O)(=O)c1cc(-c2ccc(C)cc2)cnc1C#N. The lowest BCUT2D eigenvalue weighted by Gasteiger charge is -2.07. The van der Waals surface area contributed by atoms with Gasteiger partial charge in [0.15, 0.2) is 15.5 Å². The van der Waals surface area contributed by atoms with Crippen LogP contribution in [-0.2, 0) is 9.84 Å². The van der Waals surface area contributed by atoms with E-state index in [9.17, 15) is 8.42 Å². The first-order chi connectivity index (χ1) is 9.47. The van der Waals surface area contributed by atoms with Crippen molar-refractivity contribution < 1.29 is 8.42 Å². The number of rotatable bonds is 3. The van der Waals surface area contributed by atoms with Gasteiger partial charge in [-0.2, -0.15) is 5.26 Å². The molecule has 5 heteroatoms. The second-order valence-corrected chi connectivity index (χ2v) is 6.70. The van der Waals surface area contributed by atoms with Gasteiger partial charge in [-0.15, -0.1) is 0 Å². The molecule has 0 aliphatic rings. The Bertz CT molecular complexity index is 773. The van der Waals surface area contributed by atoms with E-state index < -0.39 is 9.84 Å². The number of hydrogen-bond donors (Lipinski definition) is 0. The van der Waals surface area contributed by atoms with Gasteiger partial charge in [-0.3, -0.25) is 0 Å². The van der Waals surface area contributed by atoms with Crippen molar-refractivity contribution in [3.05, 3.63) is 47.8 Å². The highest BCUT2D eigenvalue weighted by Crippen LogP contribution is 2.24. The zero-order valence-corrected chi connectivity index (χ0v) is 12.1. The predicted octanol–water partition coefficient (Wildman–Crippen LogP) is 2.72. The Morgan fingerprint density at radius 2 is 1.85 bits per heavy atom. The van der Waals surface area contributed by atoms with Gasteiger partial charge in [0.05, 0.1) is 5.75 Å². The molecule has 0 saturated carbocycles. The van der Waals surface area contributed by atoms with Gasteiger partial charge < -0.3 is 0 Å². The maximum Gasteiger partial charge on any atom is 0.181 e. The van der Waals surface area contributed by atoms with E-state index >= 15 is 0 Å². The molecule has 0 unspecified atom stereocenters. The van der Waals surface area contributed by atoms with Crippen LogP contribution in [0.25, 0.3) is 11.1 Å². The van der Waals surface area contributed by atoms with E-state index in [2.05, 4.69) is 4.98 Å². The molecule has 0 N–H and O–H groups in total. The van der Waals surface area contributed by atoms with Crippen LogP contribution in [-0.4, -0.2) is 19.2 Å². The Morgan fingerprint density at radius 1 is 1.20 bits per heavy atom. The summed E-state index contributed by atoms with van der Waals surface area (Å²) in [5, 5.41) is 9.00. The van der Waals surface area contributed by atoms with Crippen molar-refractivity contribution in [2.75, 3.05) is 5.75 Å². The molecule has 2 rings (SSSR count). The lowest BCUT2D eigenvalue weighted by molar-refractivity contribution is 0.596. The molecular weight excluding hydrogens is 272 g/mol. The highest BCUT2D eigenvalue weighted by atomic mass is 32.2. The number of aromatic nitrogens is 1. The van der Waals surface area contributed by atoms with Crippen LogP contribution in [0.5, 0.6) is 0 Å². The van der Waals surface area contributed by atoms with Crippen LogP contribution >= 0.6 is 0 Å². The van der Waals surface area contributed by atoms with Crippen molar-refractivity contribution in [1.29, 1.82) is 5.26 Å². The molecule has 4 nitrogen and oxygen atoms in total. The molecule has 0 spiro atoms. The van der Waals surface area contributed by atoms with Gasteiger partial charge in [0.2, 0.25) is 0 Å². The third kappa shape index (κ3) is 2.70. The maximum absolute atomic E-state index is 12.0. The van der Waals surface area contributed by atoms with Crippen LogP contribution < -0.4 is 0 Å². The number of hydrogen-bond acceptors (Lipinski definition) is 4. The van der Waals surface area contributed by atoms with Gasteiger partial charge in [-0.25, -0.2) is 13.4 Å². The second-order valence-electron chi connectivity index (χ2n) is 4.45. The molecule has 1 aromatic heterocycles. The van der Waals surface area contributed by atoms with E-state index in [0.29, 0.717) is 5.56 Å². The topological polar surface area (TPSA) is 70.8 Å². The minimum atomic E-state index is -3.46. The highest BCUT2D eigenvalue weighted by Gasteiger charge is 2.18. The third-order valence-corrected chi connectivity index (χ3v) is 4.80. The molecule has 1 heterocycles. The van der Waals surface area contributed by atoms with Gasteiger partial charge in [-0.1, -0.05) is 36.8 Å². The summed E-state index contributed by atoms with van der Waals surface area (Å²) in [4.78, 5) is 3.97. The molecule has 0 atom stereocenters. The van der Waals surface area contributed by atoms with Gasteiger partial charge in [-0.05, 0) is 18.6 Å². The van der Waals surface area contributed by atoms with Crippen molar-refractivity contribution in [3.63, 3.8) is 0 Å². The molecule has 0 bridgehead atoms. The fourth-order valence-electron chi connectivity index (χ4n) is 1.82. The van der Waals surface area contributed by atoms with E-state index in [0.717, 1.165) is 11.1 Å². The zero-order chi connectivity index (χ0) is 14.8. The van der Waals surface area contributed by atoms with Crippen molar-refractivity contribution in [2.45, 2.75) is 18.7 Å². The van der Waals surface area contributed by atoms with Crippen LogP contribution in [0, 0.1) is 18.3 Å². The third-order valence-electron chi connectivity index (χ3n) is 3.06. The molecule has 0 amide bonds. The molecule has 2 aromatic rings.